The molecule has 4 nitrogen and oxygen atoms in total. The maximum absolute atomic E-state index is 12.1. The van der Waals surface area contributed by atoms with Gasteiger partial charge in [0.15, 0.2) is 6.29 Å². The smallest absolute Gasteiger partial charge is 0.346 e. The summed E-state index contributed by atoms with van der Waals surface area (Å²) < 4.78 is 10.8. The molecule has 1 N–H and O–H groups in total. The average Bonchev–Trinajstić information content (AvgIpc) is 2.75. The standard InChI is InChI=1S/C14H24O4S/c1-8(2)10-5-4-9(3)6-11(10)17-13(16)14-18-12(15)7-19-14/h8-12,14-15H,4-7H2,1-3H3/t9?,10?,11?,12-,14-/m1/s1. The van der Waals surface area contributed by atoms with Crippen molar-refractivity contribution in [2.75, 3.05) is 5.75 Å². The monoisotopic (exact) mass is 288 g/mol. The summed E-state index contributed by atoms with van der Waals surface area (Å²) in [5, 5.41) is 9.29. The Morgan fingerprint density at radius 1 is 1.42 bits per heavy atom. The first-order valence-electron chi connectivity index (χ1n) is 7.13. The number of aliphatic hydroxyl groups is 1. The molecular formula is C14H24O4S. The van der Waals surface area contributed by atoms with Crippen molar-refractivity contribution < 1.29 is 19.4 Å². The van der Waals surface area contributed by atoms with Crippen molar-refractivity contribution >= 4 is 17.7 Å². The van der Waals surface area contributed by atoms with Crippen LogP contribution in [0.4, 0.5) is 0 Å². The SMILES string of the molecule is CC1CCC(C(C)C)C(OC(=O)[C@@H]2O[C@@H](O)CS2)C1. The van der Waals surface area contributed by atoms with Gasteiger partial charge in [-0.05, 0) is 30.6 Å². The molecule has 2 aliphatic rings. The van der Waals surface area contributed by atoms with Crippen molar-refractivity contribution in [1.82, 2.24) is 0 Å². The third-order valence-corrected chi connectivity index (χ3v) is 5.18. The topological polar surface area (TPSA) is 55.8 Å². The van der Waals surface area contributed by atoms with E-state index in [0.29, 0.717) is 23.5 Å². The summed E-state index contributed by atoms with van der Waals surface area (Å²) in [7, 11) is 0. The molecule has 0 aromatic heterocycles. The molecule has 2 rings (SSSR count). The van der Waals surface area contributed by atoms with Crippen LogP contribution in [0.25, 0.3) is 0 Å². The van der Waals surface area contributed by atoms with Crippen molar-refractivity contribution in [3.8, 4) is 0 Å². The highest BCUT2D eigenvalue weighted by atomic mass is 32.2. The number of rotatable bonds is 3. The van der Waals surface area contributed by atoms with E-state index in [1.54, 1.807) is 0 Å². The first-order valence-corrected chi connectivity index (χ1v) is 8.18. The van der Waals surface area contributed by atoms with Gasteiger partial charge >= 0.3 is 5.97 Å². The second-order valence-corrected chi connectivity index (χ2v) is 7.15. The highest BCUT2D eigenvalue weighted by molar-refractivity contribution is 8.00. The van der Waals surface area contributed by atoms with Gasteiger partial charge in [0.05, 0.1) is 0 Å². The predicted molar refractivity (Wildman–Crippen MR) is 74.6 cm³/mol. The third kappa shape index (κ3) is 3.86. The number of esters is 1. The van der Waals surface area contributed by atoms with Crippen LogP contribution in [0.3, 0.4) is 0 Å². The number of thioether (sulfide) groups is 1. The van der Waals surface area contributed by atoms with Crippen molar-refractivity contribution in [2.24, 2.45) is 17.8 Å². The van der Waals surface area contributed by atoms with Crippen LogP contribution in [0, 0.1) is 17.8 Å². The van der Waals surface area contributed by atoms with E-state index in [-0.39, 0.29) is 12.1 Å². The molecule has 1 saturated heterocycles. The molecule has 0 bridgehead atoms. The van der Waals surface area contributed by atoms with Gasteiger partial charge in [-0.1, -0.05) is 27.2 Å². The molecule has 0 spiro atoms. The zero-order valence-electron chi connectivity index (χ0n) is 11.9. The van der Waals surface area contributed by atoms with Crippen LogP contribution in [0.1, 0.15) is 40.0 Å². The Labute approximate surface area is 119 Å². The zero-order valence-corrected chi connectivity index (χ0v) is 12.7. The number of ether oxygens (including phenoxy) is 2. The second kappa shape index (κ2) is 6.46. The molecule has 5 heteroatoms. The molecule has 19 heavy (non-hydrogen) atoms. The van der Waals surface area contributed by atoms with E-state index >= 15 is 0 Å². The van der Waals surface area contributed by atoms with E-state index in [4.69, 9.17) is 9.47 Å². The number of carbonyl (C=O) groups excluding carboxylic acids is 1. The van der Waals surface area contributed by atoms with E-state index in [1.165, 1.54) is 18.2 Å². The molecule has 1 aliphatic heterocycles. The Kier molecular flexibility index (Phi) is 5.15. The molecule has 0 aromatic rings. The normalized spacial score (nSPS) is 39.5. The van der Waals surface area contributed by atoms with Crippen molar-refractivity contribution in [3.05, 3.63) is 0 Å². The number of hydrogen-bond donors (Lipinski definition) is 1. The Morgan fingerprint density at radius 3 is 2.74 bits per heavy atom. The van der Waals surface area contributed by atoms with E-state index in [9.17, 15) is 9.90 Å². The zero-order chi connectivity index (χ0) is 14.0. The maximum atomic E-state index is 12.1. The van der Waals surface area contributed by atoms with Crippen LogP contribution in [0.2, 0.25) is 0 Å². The molecule has 110 valence electrons. The van der Waals surface area contributed by atoms with Crippen molar-refractivity contribution in [3.63, 3.8) is 0 Å². The van der Waals surface area contributed by atoms with Crippen molar-refractivity contribution in [1.29, 1.82) is 0 Å². The van der Waals surface area contributed by atoms with Gasteiger partial charge in [0.25, 0.3) is 0 Å². The minimum absolute atomic E-state index is 0.00167. The summed E-state index contributed by atoms with van der Waals surface area (Å²) in [5.74, 6) is 1.68. The molecule has 3 unspecified atom stereocenters. The van der Waals surface area contributed by atoms with Crippen LogP contribution in [-0.2, 0) is 14.3 Å². The van der Waals surface area contributed by atoms with Crippen LogP contribution in [-0.4, -0.2) is 34.7 Å². The first kappa shape index (κ1) is 15.1. The minimum atomic E-state index is -0.839. The largest absolute Gasteiger partial charge is 0.459 e. The van der Waals surface area contributed by atoms with E-state index in [0.717, 1.165) is 12.8 Å². The molecule has 0 aromatic carbocycles. The fraction of sp³-hybridized carbons (Fsp3) is 0.929. The maximum Gasteiger partial charge on any atom is 0.346 e. The quantitative estimate of drug-likeness (QED) is 0.808. The van der Waals surface area contributed by atoms with Gasteiger partial charge in [-0.25, -0.2) is 4.79 Å². The van der Waals surface area contributed by atoms with E-state index in [2.05, 4.69) is 20.8 Å². The van der Waals surface area contributed by atoms with Crippen LogP contribution in [0.5, 0.6) is 0 Å². The van der Waals surface area contributed by atoms with Crippen LogP contribution < -0.4 is 0 Å². The van der Waals surface area contributed by atoms with Gasteiger partial charge in [0.1, 0.15) is 6.10 Å². The Balaban J connectivity index is 1.92. The summed E-state index contributed by atoms with van der Waals surface area (Å²) in [6, 6.07) is 0. The second-order valence-electron chi connectivity index (χ2n) is 6.06. The number of hydrogen-bond acceptors (Lipinski definition) is 5. The lowest BCUT2D eigenvalue weighted by molar-refractivity contribution is -0.172. The first-order chi connectivity index (χ1) is 8.97. The van der Waals surface area contributed by atoms with E-state index in [1.807, 2.05) is 0 Å². The lowest BCUT2D eigenvalue weighted by Crippen LogP contribution is -2.38. The highest BCUT2D eigenvalue weighted by Crippen LogP contribution is 2.36. The molecule has 1 heterocycles. The summed E-state index contributed by atoms with van der Waals surface area (Å²) in [6.45, 7) is 6.58. The van der Waals surface area contributed by atoms with Crippen LogP contribution in [0.15, 0.2) is 0 Å². The summed E-state index contributed by atoms with van der Waals surface area (Å²) in [4.78, 5) is 12.1. The Bertz CT molecular complexity index is 321. The predicted octanol–water partition coefficient (Wildman–Crippen LogP) is 2.40. The Morgan fingerprint density at radius 2 is 2.16 bits per heavy atom. The molecule has 0 amide bonds. The lowest BCUT2D eigenvalue weighted by Gasteiger charge is -2.37. The van der Waals surface area contributed by atoms with Gasteiger partial charge in [0.2, 0.25) is 5.44 Å². The summed E-state index contributed by atoms with van der Waals surface area (Å²) in [5.41, 5.74) is -0.653. The highest BCUT2D eigenvalue weighted by Gasteiger charge is 2.37. The summed E-state index contributed by atoms with van der Waals surface area (Å²) in [6.07, 6.45) is 2.43. The average molecular weight is 288 g/mol. The molecule has 0 radical (unpaired) electrons. The van der Waals surface area contributed by atoms with Gasteiger partial charge in [0, 0.05) is 5.75 Å². The van der Waals surface area contributed by atoms with Crippen molar-refractivity contribution in [2.45, 2.75) is 57.9 Å². The molecule has 2 fully saturated rings. The third-order valence-electron chi connectivity index (χ3n) is 4.09. The molecule has 5 atom stereocenters. The summed E-state index contributed by atoms with van der Waals surface area (Å²) >= 11 is 1.31. The fourth-order valence-electron chi connectivity index (χ4n) is 2.97. The number of carbonyl (C=O) groups is 1. The van der Waals surface area contributed by atoms with Crippen LogP contribution >= 0.6 is 11.8 Å². The van der Waals surface area contributed by atoms with Gasteiger partial charge < -0.3 is 14.6 Å². The van der Waals surface area contributed by atoms with E-state index < -0.39 is 11.7 Å². The number of aliphatic hydroxyl groups excluding tert-OH is 1. The lowest BCUT2D eigenvalue weighted by atomic mass is 9.75. The molecular weight excluding hydrogens is 264 g/mol. The fourth-order valence-corrected chi connectivity index (χ4v) is 3.79. The molecule has 1 saturated carbocycles. The van der Waals surface area contributed by atoms with Gasteiger partial charge in [-0.15, -0.1) is 11.8 Å². The Hall–Kier alpha value is -0.260. The minimum Gasteiger partial charge on any atom is -0.459 e. The molecule has 1 aliphatic carbocycles. The van der Waals surface area contributed by atoms with Gasteiger partial charge in [-0.2, -0.15) is 0 Å². The van der Waals surface area contributed by atoms with Gasteiger partial charge in [-0.3, -0.25) is 0 Å².